The average molecular weight is 648 g/mol. The number of benzene rings is 1. The van der Waals surface area contributed by atoms with Crippen LogP contribution < -0.4 is 9.47 Å². The molecule has 0 saturated carbocycles. The number of halogens is 2. The van der Waals surface area contributed by atoms with Crippen molar-refractivity contribution in [2.24, 2.45) is 0 Å². The summed E-state index contributed by atoms with van der Waals surface area (Å²) in [6.45, 7) is 8.24. The van der Waals surface area contributed by atoms with Gasteiger partial charge in [-0.15, -0.1) is 0 Å². The highest BCUT2D eigenvalue weighted by Crippen LogP contribution is 2.36. The predicted molar refractivity (Wildman–Crippen MR) is 141 cm³/mol. The van der Waals surface area contributed by atoms with Crippen LogP contribution in [0.5, 0.6) is 11.5 Å². The molecule has 0 radical (unpaired) electrons. The topological polar surface area (TPSA) is 92.3 Å². The molecule has 0 aliphatic carbocycles. The second kappa shape index (κ2) is 24.8. The van der Waals surface area contributed by atoms with Gasteiger partial charge in [-0.25, -0.2) is 0 Å². The molecule has 0 spiro atoms. The normalized spacial score (nSPS) is 11.2. The number of hydrogen-bond acceptors (Lipinski definition) is 10. The fourth-order valence-corrected chi connectivity index (χ4v) is 3.39. The zero-order chi connectivity index (χ0) is 26.1. The molecule has 10 nitrogen and oxygen atoms in total. The lowest BCUT2D eigenvalue weighted by atomic mass is 10.3. The quantitative estimate of drug-likeness (QED) is 0.139. The Kier molecular flexibility index (Phi) is 23.0. The van der Waals surface area contributed by atoms with E-state index in [1.165, 1.54) is 0 Å². The first-order valence-corrected chi connectivity index (χ1v) is 13.5. The Labute approximate surface area is 231 Å². The molecule has 0 aromatic heterocycles. The van der Waals surface area contributed by atoms with Crippen LogP contribution in [-0.2, 0) is 37.9 Å². The molecule has 0 unspecified atom stereocenters. The molecule has 210 valence electrons. The highest BCUT2D eigenvalue weighted by Gasteiger charge is 2.09. The summed E-state index contributed by atoms with van der Waals surface area (Å²) in [5.41, 5.74) is 0. The third-order valence-corrected chi connectivity index (χ3v) is 5.55. The average Bonchev–Trinajstić information content (AvgIpc) is 2.87. The summed E-state index contributed by atoms with van der Waals surface area (Å²) in [4.78, 5) is 0. The Bertz CT molecular complexity index is 585. The molecule has 0 aliphatic rings. The second-order valence-electron chi connectivity index (χ2n) is 7.07. The summed E-state index contributed by atoms with van der Waals surface area (Å²) in [5.74, 6) is 1.39. The van der Waals surface area contributed by atoms with E-state index in [0.717, 1.165) is 8.95 Å². The van der Waals surface area contributed by atoms with Crippen molar-refractivity contribution in [3.63, 3.8) is 0 Å². The first-order valence-electron chi connectivity index (χ1n) is 11.9. The third-order valence-electron chi connectivity index (χ3n) is 4.31. The van der Waals surface area contributed by atoms with Gasteiger partial charge < -0.3 is 47.4 Å². The van der Waals surface area contributed by atoms with Gasteiger partial charge in [0.25, 0.3) is 0 Å². The maximum absolute atomic E-state index is 5.79. The lowest BCUT2D eigenvalue weighted by molar-refractivity contribution is -0.00000649. The van der Waals surface area contributed by atoms with Gasteiger partial charge in [-0.05, 0) is 44.0 Å². The van der Waals surface area contributed by atoms with Crippen molar-refractivity contribution in [2.45, 2.75) is 0 Å². The second-order valence-corrected chi connectivity index (χ2v) is 8.78. The van der Waals surface area contributed by atoms with Crippen LogP contribution in [-0.4, -0.2) is 120 Å². The van der Waals surface area contributed by atoms with E-state index < -0.39 is 0 Å². The summed E-state index contributed by atoms with van der Waals surface area (Å²) < 4.78 is 55.5. The molecule has 0 amide bonds. The Morgan fingerprint density at radius 3 is 0.944 bits per heavy atom. The van der Waals surface area contributed by atoms with Crippen molar-refractivity contribution in [1.29, 1.82) is 0 Å². The molecule has 12 heteroatoms. The van der Waals surface area contributed by atoms with Crippen LogP contribution in [0.2, 0.25) is 0 Å². The molecule has 0 bridgehead atoms. The van der Waals surface area contributed by atoms with Crippen molar-refractivity contribution in [1.82, 2.24) is 0 Å². The van der Waals surface area contributed by atoms with Crippen molar-refractivity contribution in [3.8, 4) is 11.5 Å². The fraction of sp³-hybridized carbons (Fsp3) is 0.750. The Hall–Kier alpha value is -0.540. The van der Waals surface area contributed by atoms with Gasteiger partial charge in [-0.3, -0.25) is 0 Å². The minimum atomic E-state index is 0.417. The van der Waals surface area contributed by atoms with Gasteiger partial charge in [0, 0.05) is 14.2 Å². The molecule has 0 N–H and O–H groups in total. The van der Waals surface area contributed by atoms with Crippen LogP contribution in [0.25, 0.3) is 0 Å². The number of ether oxygens (including phenoxy) is 10. The Morgan fingerprint density at radius 2 is 0.667 bits per heavy atom. The van der Waals surface area contributed by atoms with E-state index in [9.17, 15) is 0 Å². The van der Waals surface area contributed by atoms with Crippen LogP contribution in [0.4, 0.5) is 0 Å². The molecule has 0 atom stereocenters. The third kappa shape index (κ3) is 18.7. The van der Waals surface area contributed by atoms with E-state index in [2.05, 4.69) is 31.9 Å². The van der Waals surface area contributed by atoms with E-state index >= 15 is 0 Å². The molecule has 0 aliphatic heterocycles. The molecule has 1 aromatic rings. The van der Waals surface area contributed by atoms with Gasteiger partial charge in [-0.1, -0.05) is 0 Å². The largest absolute Gasteiger partial charge is 0.490 e. The van der Waals surface area contributed by atoms with E-state index in [1.807, 2.05) is 12.1 Å². The van der Waals surface area contributed by atoms with E-state index in [-0.39, 0.29) is 0 Å². The van der Waals surface area contributed by atoms with Crippen molar-refractivity contribution in [3.05, 3.63) is 21.1 Å². The molecule has 0 fully saturated rings. The smallest absolute Gasteiger partial charge is 0.134 e. The predicted octanol–water partition coefficient (Wildman–Crippen LogP) is 3.36. The molecule has 1 rings (SSSR count). The van der Waals surface area contributed by atoms with Gasteiger partial charge in [0.1, 0.15) is 24.7 Å². The van der Waals surface area contributed by atoms with Gasteiger partial charge >= 0.3 is 0 Å². The van der Waals surface area contributed by atoms with E-state index in [4.69, 9.17) is 47.4 Å². The standard InChI is InChI=1S/C24H40Br2O10/c1-27-3-5-29-7-9-31-11-13-33-15-17-35-23-19-22(26)24(20-21(23)25)36-18-16-34-14-12-32-10-8-30-6-4-28-2/h19-20H,3-18H2,1-2H3. The van der Waals surface area contributed by atoms with E-state index in [0.29, 0.717) is 117 Å². The van der Waals surface area contributed by atoms with Gasteiger partial charge in [0.15, 0.2) is 0 Å². The van der Waals surface area contributed by atoms with Crippen molar-refractivity contribution < 1.29 is 47.4 Å². The zero-order valence-corrected chi connectivity index (χ0v) is 24.5. The maximum atomic E-state index is 5.79. The summed E-state index contributed by atoms with van der Waals surface area (Å²) in [6, 6.07) is 3.71. The van der Waals surface area contributed by atoms with Gasteiger partial charge in [0.05, 0.1) is 101 Å². The zero-order valence-electron chi connectivity index (χ0n) is 21.3. The Balaban J connectivity index is 2.04. The molecule has 0 heterocycles. The summed E-state index contributed by atoms with van der Waals surface area (Å²) in [7, 11) is 3.29. The van der Waals surface area contributed by atoms with Crippen LogP contribution >= 0.6 is 31.9 Å². The van der Waals surface area contributed by atoms with E-state index in [1.54, 1.807) is 14.2 Å². The number of rotatable bonds is 26. The summed E-state index contributed by atoms with van der Waals surface area (Å²) in [5, 5.41) is 0. The first kappa shape index (κ1) is 33.5. The van der Waals surface area contributed by atoms with Crippen LogP contribution in [0.1, 0.15) is 0 Å². The highest BCUT2D eigenvalue weighted by molar-refractivity contribution is 9.11. The lowest BCUT2D eigenvalue weighted by Crippen LogP contribution is -2.14. The summed E-state index contributed by atoms with van der Waals surface area (Å²) >= 11 is 7.04. The first-order chi connectivity index (χ1) is 17.7. The monoisotopic (exact) mass is 646 g/mol. The molecule has 0 saturated heterocycles. The van der Waals surface area contributed by atoms with Crippen molar-refractivity contribution >= 4 is 31.9 Å². The van der Waals surface area contributed by atoms with Crippen LogP contribution in [0.15, 0.2) is 21.1 Å². The lowest BCUT2D eigenvalue weighted by Gasteiger charge is -2.13. The molecule has 36 heavy (non-hydrogen) atoms. The van der Waals surface area contributed by atoms with Gasteiger partial charge in [0.2, 0.25) is 0 Å². The van der Waals surface area contributed by atoms with Crippen molar-refractivity contribution in [2.75, 3.05) is 120 Å². The van der Waals surface area contributed by atoms with Crippen LogP contribution in [0.3, 0.4) is 0 Å². The molecular formula is C24H40Br2O10. The Morgan fingerprint density at radius 1 is 0.417 bits per heavy atom. The fourth-order valence-electron chi connectivity index (χ4n) is 2.52. The minimum absolute atomic E-state index is 0.417. The minimum Gasteiger partial charge on any atom is -0.490 e. The molecule has 1 aromatic carbocycles. The summed E-state index contributed by atoms with van der Waals surface area (Å²) in [6.07, 6.45) is 0. The SMILES string of the molecule is COCCOCCOCCOCCOc1cc(Br)c(OCCOCCOCCOCCOC)cc1Br. The number of methoxy groups -OCH3 is 2. The molecular weight excluding hydrogens is 608 g/mol. The highest BCUT2D eigenvalue weighted by atomic mass is 79.9. The number of hydrogen-bond donors (Lipinski definition) is 0. The van der Waals surface area contributed by atoms with Gasteiger partial charge in [-0.2, -0.15) is 0 Å². The van der Waals surface area contributed by atoms with Crippen LogP contribution in [0, 0.1) is 0 Å². The maximum Gasteiger partial charge on any atom is 0.134 e.